The number of benzene rings is 4. The van der Waals surface area contributed by atoms with Crippen LogP contribution < -0.4 is 24.8 Å². The van der Waals surface area contributed by atoms with Crippen LogP contribution in [-0.2, 0) is 20.3 Å². The molecular formula is C42H46Cl2Zr. The first kappa shape index (κ1) is 34.2. The van der Waals surface area contributed by atoms with Gasteiger partial charge in [0.2, 0.25) is 0 Å². The molecule has 232 valence electrons. The molecule has 2 unspecified atom stereocenters. The minimum atomic E-state index is -2.74. The first-order valence-corrected chi connectivity index (χ1v) is 22.6. The molecule has 1 saturated heterocycles. The molecule has 0 spiro atoms. The normalized spacial score (nSPS) is 18.1. The Morgan fingerprint density at radius 2 is 0.756 bits per heavy atom. The zero-order valence-electron chi connectivity index (χ0n) is 28.6. The van der Waals surface area contributed by atoms with Crippen molar-refractivity contribution in [3.63, 3.8) is 0 Å². The molecular weight excluding hydrogens is 667 g/mol. The molecule has 2 atom stereocenters. The number of allylic oxidation sites excluding steroid dienone is 2. The van der Waals surface area contributed by atoms with E-state index in [9.17, 15) is 0 Å². The average Bonchev–Trinajstić information content (AvgIpc) is 3.54. The van der Waals surface area contributed by atoms with Crippen molar-refractivity contribution in [2.45, 2.75) is 84.7 Å². The Labute approximate surface area is 288 Å². The Morgan fingerprint density at radius 3 is 1.11 bits per heavy atom. The van der Waals surface area contributed by atoms with Crippen LogP contribution in [0.3, 0.4) is 0 Å². The quantitative estimate of drug-likeness (QED) is 0.240. The SMILES string of the molecule is CC1=Cc2c(-c3ccc(C)c(C)c3C)ccc(C)c2[CH]1[Zr+2]1([CH]2C(C)=Cc3c(-c4ccc(C)c(C)c4C)ccc(C)c32)[CH2][CH2]1.[Cl-].[Cl-]. The number of fused-ring (bicyclic) bond motifs is 2. The maximum absolute atomic E-state index is 2.74. The van der Waals surface area contributed by atoms with E-state index in [2.05, 4.69) is 130 Å². The molecule has 45 heavy (non-hydrogen) atoms. The molecule has 2 aliphatic carbocycles. The molecule has 0 nitrogen and oxygen atoms in total. The summed E-state index contributed by atoms with van der Waals surface area (Å²) < 4.78 is 4.33. The van der Waals surface area contributed by atoms with Crippen LogP contribution in [-0.4, -0.2) is 0 Å². The zero-order valence-corrected chi connectivity index (χ0v) is 32.6. The molecule has 4 aromatic rings. The molecule has 7 rings (SSSR count). The smallest absolute Gasteiger partial charge is 1.00 e. The molecule has 0 radical (unpaired) electrons. The van der Waals surface area contributed by atoms with E-state index in [0.717, 1.165) is 0 Å². The molecule has 0 bridgehead atoms. The number of rotatable bonds is 4. The molecule has 1 fully saturated rings. The second kappa shape index (κ2) is 12.1. The van der Waals surface area contributed by atoms with Gasteiger partial charge in [-0.05, 0) is 0 Å². The Kier molecular flexibility index (Phi) is 9.20. The van der Waals surface area contributed by atoms with Crippen molar-refractivity contribution in [3.05, 3.63) is 126 Å². The van der Waals surface area contributed by atoms with E-state index in [0.29, 0.717) is 7.25 Å². The van der Waals surface area contributed by atoms with Crippen LogP contribution in [0.25, 0.3) is 34.4 Å². The molecule has 3 aliphatic rings. The van der Waals surface area contributed by atoms with Gasteiger partial charge in [0, 0.05) is 0 Å². The number of hydrogen-bond acceptors (Lipinski definition) is 0. The van der Waals surface area contributed by atoms with Crippen molar-refractivity contribution >= 4 is 12.2 Å². The van der Waals surface area contributed by atoms with Gasteiger partial charge in [0.15, 0.2) is 0 Å². The summed E-state index contributed by atoms with van der Waals surface area (Å²) in [5, 5.41) is 0. The Bertz CT molecular complexity index is 1800. The van der Waals surface area contributed by atoms with Crippen LogP contribution in [0.1, 0.15) is 87.9 Å². The Hall–Kier alpha value is -2.18. The summed E-state index contributed by atoms with van der Waals surface area (Å²) in [6.45, 7) is 23.4. The topological polar surface area (TPSA) is 0 Å². The van der Waals surface area contributed by atoms with Crippen LogP contribution in [0.2, 0.25) is 8.26 Å². The standard InChI is InChI=1S/2C20H21.C2H4.2ClH.Zr/c2*1-12-10-19-14(3)7-9-18(20(19)11-12)17-8-6-13(2)15(4)16(17)5;1-2;;;/h2*6-11H,1-5H3;1-2H2;2*1H;/q;;;;;+2/p-2. The van der Waals surface area contributed by atoms with Crippen molar-refractivity contribution in [1.82, 2.24) is 0 Å². The Morgan fingerprint density at radius 1 is 0.422 bits per heavy atom. The minimum absolute atomic E-state index is 0. The average molecular weight is 713 g/mol. The predicted molar refractivity (Wildman–Crippen MR) is 184 cm³/mol. The molecule has 0 amide bonds. The molecule has 0 N–H and O–H groups in total. The van der Waals surface area contributed by atoms with Crippen LogP contribution in [0.4, 0.5) is 0 Å². The number of hydrogen-bond donors (Lipinski definition) is 0. The van der Waals surface area contributed by atoms with Crippen molar-refractivity contribution in [3.8, 4) is 22.3 Å². The van der Waals surface area contributed by atoms with E-state index in [1.165, 1.54) is 86.1 Å². The minimum Gasteiger partial charge on any atom is -1.00 e. The summed E-state index contributed by atoms with van der Waals surface area (Å²) in [5.41, 5.74) is 26.9. The first-order chi connectivity index (χ1) is 20.5. The molecule has 1 heterocycles. The molecule has 0 aromatic heterocycles. The van der Waals surface area contributed by atoms with Crippen molar-refractivity contribution < 1.29 is 45.1 Å². The number of halogens is 2. The molecule has 0 saturated carbocycles. The molecule has 4 aromatic carbocycles. The van der Waals surface area contributed by atoms with E-state index in [4.69, 9.17) is 0 Å². The van der Waals surface area contributed by atoms with Gasteiger partial charge in [0.25, 0.3) is 0 Å². The maximum Gasteiger partial charge on any atom is -1.00 e. The summed E-state index contributed by atoms with van der Waals surface area (Å²) in [7, 11) is 0. The molecule has 1 aliphatic heterocycles. The number of aryl methyl sites for hydroxylation is 4. The summed E-state index contributed by atoms with van der Waals surface area (Å²) in [5.74, 6) is 0. The van der Waals surface area contributed by atoms with Crippen LogP contribution in [0.5, 0.6) is 0 Å². The van der Waals surface area contributed by atoms with Gasteiger partial charge in [-0.25, -0.2) is 0 Å². The predicted octanol–water partition coefficient (Wildman–Crippen LogP) is 6.12. The van der Waals surface area contributed by atoms with Crippen molar-refractivity contribution in [2.24, 2.45) is 0 Å². The van der Waals surface area contributed by atoms with Crippen LogP contribution in [0.15, 0.2) is 59.7 Å². The summed E-state index contributed by atoms with van der Waals surface area (Å²) in [4.78, 5) is 0. The fourth-order valence-corrected chi connectivity index (χ4v) is 27.1. The largest absolute Gasteiger partial charge is 1.00 e. The third-order valence-electron chi connectivity index (χ3n) is 11.9. The van der Waals surface area contributed by atoms with Gasteiger partial charge in [0.1, 0.15) is 0 Å². The third kappa shape index (κ3) is 5.03. The fourth-order valence-electron chi connectivity index (χ4n) is 8.98. The second-order valence-electron chi connectivity index (χ2n) is 14.3. The molecule has 3 heteroatoms. The van der Waals surface area contributed by atoms with Gasteiger partial charge in [-0.1, -0.05) is 0 Å². The van der Waals surface area contributed by atoms with Gasteiger partial charge in [-0.3, -0.25) is 0 Å². The van der Waals surface area contributed by atoms with Gasteiger partial charge < -0.3 is 24.8 Å². The van der Waals surface area contributed by atoms with Gasteiger partial charge >= 0.3 is 266 Å². The fraction of sp³-hybridized carbons (Fsp3) is 0.333. The zero-order chi connectivity index (χ0) is 30.5. The van der Waals surface area contributed by atoms with Crippen molar-refractivity contribution in [2.75, 3.05) is 0 Å². The summed E-state index contributed by atoms with van der Waals surface area (Å²) in [6, 6.07) is 19.0. The van der Waals surface area contributed by atoms with Crippen LogP contribution >= 0.6 is 0 Å². The monoisotopic (exact) mass is 710 g/mol. The van der Waals surface area contributed by atoms with Gasteiger partial charge in [0.05, 0.1) is 0 Å². The van der Waals surface area contributed by atoms with Crippen LogP contribution in [0, 0.1) is 55.4 Å². The van der Waals surface area contributed by atoms with Gasteiger partial charge in [-0.15, -0.1) is 0 Å². The second-order valence-corrected chi connectivity index (χ2v) is 25.6. The van der Waals surface area contributed by atoms with E-state index in [1.54, 1.807) is 22.3 Å². The summed E-state index contributed by atoms with van der Waals surface area (Å²) >= 11 is -2.74. The van der Waals surface area contributed by atoms with E-state index >= 15 is 0 Å². The van der Waals surface area contributed by atoms with E-state index in [-0.39, 0.29) is 24.8 Å². The summed E-state index contributed by atoms with van der Waals surface area (Å²) in [6.07, 6.45) is 5.20. The maximum atomic E-state index is 2.60. The first-order valence-electron chi connectivity index (χ1n) is 16.2. The van der Waals surface area contributed by atoms with Gasteiger partial charge in [-0.2, -0.15) is 0 Å². The van der Waals surface area contributed by atoms with E-state index < -0.39 is 20.3 Å². The van der Waals surface area contributed by atoms with Crippen molar-refractivity contribution in [1.29, 1.82) is 0 Å². The van der Waals surface area contributed by atoms with E-state index in [1.807, 2.05) is 0 Å². The Balaban J connectivity index is 0.00000200. The third-order valence-corrected chi connectivity index (χ3v) is 25.3.